The maximum atomic E-state index is 5.86. The van der Waals surface area contributed by atoms with E-state index in [0.29, 0.717) is 5.82 Å². The van der Waals surface area contributed by atoms with E-state index in [-0.39, 0.29) is 6.04 Å². The van der Waals surface area contributed by atoms with E-state index in [9.17, 15) is 0 Å². The molecule has 0 bridgehead atoms. The van der Waals surface area contributed by atoms with Crippen molar-refractivity contribution in [1.82, 2.24) is 10.4 Å². The Balaban J connectivity index is 2.17. The van der Waals surface area contributed by atoms with Crippen LogP contribution >= 0.6 is 11.8 Å². The molecule has 19 heavy (non-hydrogen) atoms. The van der Waals surface area contributed by atoms with E-state index in [1.54, 1.807) is 18.0 Å². The van der Waals surface area contributed by atoms with Crippen molar-refractivity contribution in [3.05, 3.63) is 53.7 Å². The van der Waals surface area contributed by atoms with E-state index in [1.165, 1.54) is 4.90 Å². The molecule has 100 valence electrons. The molecule has 1 atom stereocenters. The quantitative estimate of drug-likeness (QED) is 0.442. The summed E-state index contributed by atoms with van der Waals surface area (Å²) in [5, 5.41) is 0. The minimum atomic E-state index is 0.0300. The molecular formula is C14H18N4S. The molecule has 0 aliphatic rings. The number of nitrogens with zero attached hydrogens (tertiary/aromatic N) is 1. The Morgan fingerprint density at radius 3 is 2.58 bits per heavy atom. The Kier molecular flexibility index (Phi) is 4.79. The first-order valence-corrected chi connectivity index (χ1v) is 7.26. The van der Waals surface area contributed by atoms with Crippen LogP contribution in [-0.4, -0.2) is 11.2 Å². The highest BCUT2D eigenvalue weighted by Crippen LogP contribution is 2.22. The molecule has 1 unspecified atom stereocenters. The molecular weight excluding hydrogens is 256 g/mol. The first kappa shape index (κ1) is 13.9. The van der Waals surface area contributed by atoms with Gasteiger partial charge in [-0.1, -0.05) is 18.2 Å². The van der Waals surface area contributed by atoms with Gasteiger partial charge in [0, 0.05) is 11.1 Å². The highest BCUT2D eigenvalue weighted by Gasteiger charge is 2.12. The van der Waals surface area contributed by atoms with Gasteiger partial charge in [0.25, 0.3) is 0 Å². The number of hydrogen-bond acceptors (Lipinski definition) is 5. The number of hydrazine groups is 1. The van der Waals surface area contributed by atoms with Gasteiger partial charge in [-0.2, -0.15) is 0 Å². The fourth-order valence-corrected chi connectivity index (χ4v) is 2.36. The summed E-state index contributed by atoms with van der Waals surface area (Å²) < 4.78 is 0. The Morgan fingerprint density at radius 1 is 1.26 bits per heavy atom. The normalized spacial score (nSPS) is 12.3. The summed E-state index contributed by atoms with van der Waals surface area (Å²) in [5.74, 6) is 6.22. The molecule has 0 spiro atoms. The zero-order chi connectivity index (χ0) is 13.7. The van der Waals surface area contributed by atoms with Gasteiger partial charge in [-0.3, -0.25) is 11.3 Å². The number of nitrogens with two attached hydrogens (primary N) is 2. The van der Waals surface area contributed by atoms with Crippen LogP contribution in [0.25, 0.3) is 0 Å². The fourth-order valence-electron chi connectivity index (χ4n) is 1.95. The average Bonchev–Trinajstić information content (AvgIpc) is 2.47. The summed E-state index contributed by atoms with van der Waals surface area (Å²) in [4.78, 5) is 5.33. The van der Waals surface area contributed by atoms with Gasteiger partial charge in [-0.25, -0.2) is 4.98 Å². The number of benzene rings is 1. The van der Waals surface area contributed by atoms with Crippen molar-refractivity contribution in [2.75, 3.05) is 12.0 Å². The maximum Gasteiger partial charge on any atom is 0.126 e. The fraction of sp³-hybridized carbons (Fsp3) is 0.214. The highest BCUT2D eigenvalue weighted by atomic mass is 32.2. The number of nitrogens with one attached hydrogen (secondary N) is 1. The molecule has 1 aromatic heterocycles. The largest absolute Gasteiger partial charge is 0.383 e. The van der Waals surface area contributed by atoms with Crippen molar-refractivity contribution in [2.24, 2.45) is 5.84 Å². The zero-order valence-electron chi connectivity index (χ0n) is 10.8. The third-order valence-corrected chi connectivity index (χ3v) is 3.81. The summed E-state index contributed by atoms with van der Waals surface area (Å²) in [7, 11) is 0. The number of pyridine rings is 1. The van der Waals surface area contributed by atoms with Gasteiger partial charge in [-0.05, 0) is 42.0 Å². The van der Waals surface area contributed by atoms with Crippen LogP contribution in [0.2, 0.25) is 0 Å². The molecule has 0 radical (unpaired) electrons. The molecule has 2 rings (SSSR count). The van der Waals surface area contributed by atoms with Gasteiger partial charge in [0.15, 0.2) is 0 Å². The maximum absolute atomic E-state index is 5.86. The van der Waals surface area contributed by atoms with Crippen LogP contribution in [0.5, 0.6) is 0 Å². The Morgan fingerprint density at radius 2 is 2.00 bits per heavy atom. The second kappa shape index (κ2) is 6.56. The number of rotatable bonds is 5. The van der Waals surface area contributed by atoms with E-state index in [4.69, 9.17) is 11.6 Å². The predicted molar refractivity (Wildman–Crippen MR) is 80.6 cm³/mol. The Labute approximate surface area is 117 Å². The first-order chi connectivity index (χ1) is 9.24. The summed E-state index contributed by atoms with van der Waals surface area (Å²) in [6.07, 6.45) is 4.47. The molecule has 0 aliphatic carbocycles. The van der Waals surface area contributed by atoms with Crippen LogP contribution in [0.15, 0.2) is 47.5 Å². The van der Waals surface area contributed by atoms with Crippen molar-refractivity contribution < 1.29 is 0 Å². The summed E-state index contributed by atoms with van der Waals surface area (Å²) in [6, 6.07) is 12.3. The second-order valence-electron chi connectivity index (χ2n) is 4.24. The number of anilines is 1. The van der Waals surface area contributed by atoms with E-state index in [0.717, 1.165) is 17.5 Å². The molecule has 0 fully saturated rings. The standard InChI is InChI=1S/C14H18N4S/c1-19-12-6-4-10(5-7-12)13(18-16)9-11-3-2-8-17-14(11)15/h2-8,13,18H,9,16H2,1H3,(H2,15,17). The molecule has 2 aromatic rings. The molecule has 0 saturated carbocycles. The van der Waals surface area contributed by atoms with Crippen molar-refractivity contribution in [2.45, 2.75) is 17.4 Å². The number of thioether (sulfide) groups is 1. The molecule has 1 heterocycles. The van der Waals surface area contributed by atoms with Crippen LogP contribution in [0.1, 0.15) is 17.2 Å². The van der Waals surface area contributed by atoms with Gasteiger partial charge >= 0.3 is 0 Å². The number of hydrogen-bond donors (Lipinski definition) is 3. The topological polar surface area (TPSA) is 77.0 Å². The third kappa shape index (κ3) is 3.47. The molecule has 5 N–H and O–H groups in total. The van der Waals surface area contributed by atoms with Crippen LogP contribution in [0, 0.1) is 0 Å². The van der Waals surface area contributed by atoms with Crippen molar-refractivity contribution >= 4 is 17.6 Å². The van der Waals surface area contributed by atoms with Crippen molar-refractivity contribution in [1.29, 1.82) is 0 Å². The summed E-state index contributed by atoms with van der Waals surface area (Å²) >= 11 is 1.72. The van der Waals surface area contributed by atoms with Gasteiger partial charge < -0.3 is 5.73 Å². The number of aromatic nitrogens is 1. The molecule has 4 nitrogen and oxygen atoms in total. The van der Waals surface area contributed by atoms with Crippen LogP contribution in [0.3, 0.4) is 0 Å². The van der Waals surface area contributed by atoms with E-state index in [1.807, 2.05) is 12.1 Å². The lowest BCUT2D eigenvalue weighted by Crippen LogP contribution is -2.29. The molecule has 0 aliphatic heterocycles. The lowest BCUT2D eigenvalue weighted by Gasteiger charge is -2.17. The smallest absolute Gasteiger partial charge is 0.126 e. The average molecular weight is 274 g/mol. The second-order valence-corrected chi connectivity index (χ2v) is 5.12. The van der Waals surface area contributed by atoms with Crippen molar-refractivity contribution in [3.63, 3.8) is 0 Å². The van der Waals surface area contributed by atoms with Gasteiger partial charge in [0.05, 0.1) is 6.04 Å². The molecule has 0 amide bonds. The van der Waals surface area contributed by atoms with Crippen LogP contribution in [-0.2, 0) is 6.42 Å². The SMILES string of the molecule is CSc1ccc(C(Cc2cccnc2N)NN)cc1. The monoisotopic (exact) mass is 274 g/mol. The van der Waals surface area contributed by atoms with E-state index < -0.39 is 0 Å². The van der Waals surface area contributed by atoms with Gasteiger partial charge in [0.2, 0.25) is 0 Å². The zero-order valence-corrected chi connectivity index (χ0v) is 11.7. The summed E-state index contributed by atoms with van der Waals surface area (Å²) in [6.45, 7) is 0. The minimum absolute atomic E-state index is 0.0300. The van der Waals surface area contributed by atoms with Crippen LogP contribution < -0.4 is 17.0 Å². The number of nitrogen functional groups attached to an aromatic ring is 1. The molecule has 1 aromatic carbocycles. The minimum Gasteiger partial charge on any atom is -0.383 e. The first-order valence-electron chi connectivity index (χ1n) is 6.04. The summed E-state index contributed by atoms with van der Waals surface area (Å²) in [5.41, 5.74) is 10.8. The molecule has 5 heteroatoms. The Bertz CT molecular complexity index is 527. The van der Waals surface area contributed by atoms with Crippen molar-refractivity contribution in [3.8, 4) is 0 Å². The van der Waals surface area contributed by atoms with E-state index >= 15 is 0 Å². The predicted octanol–water partition coefficient (Wildman–Crippen LogP) is 2.13. The van der Waals surface area contributed by atoms with Gasteiger partial charge in [-0.15, -0.1) is 11.8 Å². The lowest BCUT2D eigenvalue weighted by atomic mass is 10.00. The highest BCUT2D eigenvalue weighted by molar-refractivity contribution is 7.98. The van der Waals surface area contributed by atoms with Gasteiger partial charge in [0.1, 0.15) is 5.82 Å². The van der Waals surface area contributed by atoms with Crippen LogP contribution in [0.4, 0.5) is 5.82 Å². The molecule has 0 saturated heterocycles. The third-order valence-electron chi connectivity index (χ3n) is 3.07. The lowest BCUT2D eigenvalue weighted by molar-refractivity contribution is 0.552. The van der Waals surface area contributed by atoms with E-state index in [2.05, 4.69) is 40.9 Å². The Hall–Kier alpha value is -1.56.